The maximum atomic E-state index is 14.2. The Morgan fingerprint density at radius 1 is 0.310 bits per heavy atom. The molecule has 0 aliphatic rings. The summed E-state index contributed by atoms with van der Waals surface area (Å²) in [5, 5.41) is 9.53. The van der Waals surface area contributed by atoms with Crippen LogP contribution in [0.1, 0.15) is 50.1 Å². The molecular weight excluding hydrogens is 1030 g/mol. The first-order valence-electron chi connectivity index (χ1n) is 19.2. The monoisotopic (exact) mass is 1050 g/mol. The number of rotatable bonds is 6. The smallest absolute Gasteiger partial charge is 0.416 e. The van der Waals surface area contributed by atoms with E-state index in [2.05, 4.69) is 0 Å². The molecule has 0 spiro atoms. The first kappa shape index (κ1) is 55.4. The van der Waals surface area contributed by atoms with Gasteiger partial charge in [-0.3, -0.25) is 0 Å². The maximum absolute atomic E-state index is 14.2. The molecule has 1 N–H and O–H groups in total. The summed E-state index contributed by atoms with van der Waals surface area (Å²) in [7, 11) is 0. The normalized spacial score (nSPS) is 13.5. The van der Waals surface area contributed by atoms with Gasteiger partial charge in [0.05, 0.1) is 50.6 Å². The van der Waals surface area contributed by atoms with E-state index in [1.807, 2.05) is 48.7 Å². The summed E-state index contributed by atoms with van der Waals surface area (Å²) in [5.41, 5.74) is -29.0. The average Bonchev–Trinajstić information content (AvgIpc) is 3.22. The Hall–Kier alpha value is -6.57. The molecular formula is C44H24BF24NO. The van der Waals surface area contributed by atoms with Gasteiger partial charge in [0, 0.05) is 11.6 Å². The van der Waals surface area contributed by atoms with Gasteiger partial charge in [-0.15, -0.1) is 0 Å². The number of alkyl halides is 24. The molecule has 0 saturated heterocycles. The summed E-state index contributed by atoms with van der Waals surface area (Å²) in [6, 6.07) is 6.65. The highest BCUT2D eigenvalue weighted by atomic mass is 19.4. The van der Waals surface area contributed by atoms with E-state index in [0.717, 1.165) is 0 Å². The number of nitrogens with zero attached hydrogens (tertiary/aromatic N) is 1. The number of halogens is 24. The quantitative estimate of drug-likeness (QED) is 0.100. The molecule has 382 valence electrons. The predicted octanol–water partition coefficient (Wildman–Crippen LogP) is 12.9. The van der Waals surface area contributed by atoms with Crippen molar-refractivity contribution in [2.45, 2.75) is 56.0 Å². The van der Waals surface area contributed by atoms with Crippen LogP contribution < -0.4 is 26.4 Å². The molecule has 6 aromatic rings. The van der Waals surface area contributed by atoms with Crippen LogP contribution in [0, 0.1) is 0 Å². The van der Waals surface area contributed by atoms with Gasteiger partial charge in [0.15, 0.2) is 12.7 Å². The van der Waals surface area contributed by atoms with Crippen LogP contribution in [-0.4, -0.2) is 11.3 Å². The van der Waals surface area contributed by atoms with E-state index < -0.39 is 195 Å². The van der Waals surface area contributed by atoms with Crippen LogP contribution in [0.25, 0.3) is 0 Å². The molecule has 27 heteroatoms. The van der Waals surface area contributed by atoms with Crippen LogP contribution in [0.2, 0.25) is 0 Å². The predicted molar refractivity (Wildman–Crippen MR) is 204 cm³/mol. The molecule has 2 nitrogen and oxygen atoms in total. The lowest BCUT2D eigenvalue weighted by Gasteiger charge is -2.46. The molecule has 1 heterocycles. The summed E-state index contributed by atoms with van der Waals surface area (Å²) < 4.78 is 343. The van der Waals surface area contributed by atoms with Crippen molar-refractivity contribution in [3.05, 3.63) is 178 Å². The van der Waals surface area contributed by atoms with Crippen LogP contribution in [0.5, 0.6) is 5.88 Å². The second-order valence-electron chi connectivity index (χ2n) is 15.4. The van der Waals surface area contributed by atoms with Crippen molar-refractivity contribution in [1.82, 2.24) is 0 Å². The van der Waals surface area contributed by atoms with Gasteiger partial charge in [-0.05, 0) is 30.3 Å². The topological polar surface area (TPSA) is 24.1 Å². The molecule has 0 aliphatic carbocycles. The average molecular weight is 1050 g/mol. The molecule has 0 radical (unpaired) electrons. The van der Waals surface area contributed by atoms with Crippen LogP contribution >= 0.6 is 0 Å². The highest BCUT2D eigenvalue weighted by molar-refractivity contribution is 7.20. The molecule has 71 heavy (non-hydrogen) atoms. The van der Waals surface area contributed by atoms with Gasteiger partial charge in [-0.2, -0.15) is 132 Å². The van der Waals surface area contributed by atoms with E-state index >= 15 is 0 Å². The first-order valence-corrected chi connectivity index (χ1v) is 19.2. The molecule has 0 unspecified atom stereocenters. The van der Waals surface area contributed by atoms with Gasteiger partial charge in [0.1, 0.15) is 6.15 Å². The zero-order chi connectivity index (χ0) is 53.7. The fourth-order valence-corrected chi connectivity index (χ4v) is 7.45. The lowest BCUT2D eigenvalue weighted by molar-refractivity contribution is -0.694. The summed E-state index contributed by atoms with van der Waals surface area (Å²) in [4.78, 5) is 0. The van der Waals surface area contributed by atoms with Crippen LogP contribution in [0.3, 0.4) is 0 Å². The van der Waals surface area contributed by atoms with Crippen LogP contribution in [-0.2, 0) is 56.0 Å². The largest absolute Gasteiger partial charge is 0.460 e. The Balaban J connectivity index is 0.000000569. The Labute approximate surface area is 382 Å². The molecule has 0 fully saturated rings. The molecule has 6 rings (SSSR count). The zero-order valence-corrected chi connectivity index (χ0v) is 34.4. The van der Waals surface area contributed by atoms with Crippen molar-refractivity contribution in [3.8, 4) is 5.88 Å². The minimum atomic E-state index is -6.13. The molecule has 0 atom stereocenters. The SMILES string of the molecule is FC(F)(F)c1cc([B-](c2cc(C(F)(F)F)cc(C(F)(F)F)c2)(c2cc(C(F)(F)F)cc(C(F)(F)F)c2)c2cc(C(F)(F)F)cc(C(F)(F)F)c2)cc(C(F)(F)F)c1.Oc1cccc[n+]1Cc1ccccc1. The van der Waals surface area contributed by atoms with E-state index in [0.29, 0.717) is 6.54 Å². The first-order chi connectivity index (χ1) is 32.1. The van der Waals surface area contributed by atoms with Crippen molar-refractivity contribution in [2.24, 2.45) is 0 Å². The summed E-state index contributed by atoms with van der Waals surface area (Å²) in [6.45, 7) is 0.702. The molecule has 0 amide bonds. The second-order valence-corrected chi connectivity index (χ2v) is 15.4. The van der Waals surface area contributed by atoms with E-state index in [-0.39, 0.29) is 5.88 Å². The number of hydrogen-bond acceptors (Lipinski definition) is 1. The zero-order valence-electron chi connectivity index (χ0n) is 34.4. The number of benzene rings is 5. The maximum Gasteiger partial charge on any atom is 0.416 e. The number of aromatic nitrogens is 1. The minimum Gasteiger partial charge on any atom is -0.460 e. The number of aromatic hydroxyl groups is 1. The third-order valence-corrected chi connectivity index (χ3v) is 10.6. The lowest BCUT2D eigenvalue weighted by Crippen LogP contribution is -2.75. The van der Waals surface area contributed by atoms with Crippen molar-refractivity contribution < 1.29 is 115 Å². The molecule has 0 bridgehead atoms. The third kappa shape index (κ3) is 12.9. The van der Waals surface area contributed by atoms with Gasteiger partial charge < -0.3 is 5.11 Å². The summed E-state index contributed by atoms with van der Waals surface area (Å²) in [5.74, 6) is 0.288. The van der Waals surface area contributed by atoms with Crippen LogP contribution in [0.15, 0.2) is 128 Å². The van der Waals surface area contributed by atoms with E-state index in [1.165, 1.54) is 5.56 Å². The minimum absolute atomic E-state index is 0.288. The third-order valence-electron chi connectivity index (χ3n) is 10.6. The Bertz CT molecular complexity index is 2410. The summed E-state index contributed by atoms with van der Waals surface area (Å²) >= 11 is 0. The lowest BCUT2D eigenvalue weighted by atomic mass is 9.12. The molecule has 0 saturated carbocycles. The van der Waals surface area contributed by atoms with Gasteiger partial charge in [-0.1, -0.05) is 78.9 Å². The number of pyridine rings is 1. The Morgan fingerprint density at radius 3 is 0.746 bits per heavy atom. The van der Waals surface area contributed by atoms with Gasteiger partial charge >= 0.3 is 55.3 Å². The Kier molecular flexibility index (Phi) is 14.7. The van der Waals surface area contributed by atoms with E-state index in [9.17, 15) is 110 Å². The van der Waals surface area contributed by atoms with Gasteiger partial charge in [0.2, 0.25) is 0 Å². The van der Waals surface area contributed by atoms with Gasteiger partial charge in [0.25, 0.3) is 0 Å². The highest BCUT2D eigenvalue weighted by Crippen LogP contribution is 2.41. The van der Waals surface area contributed by atoms with E-state index in [4.69, 9.17) is 0 Å². The summed E-state index contributed by atoms with van der Waals surface area (Å²) in [6.07, 6.45) is -52.9. The highest BCUT2D eigenvalue weighted by Gasteiger charge is 2.47. The van der Waals surface area contributed by atoms with Crippen molar-refractivity contribution in [2.75, 3.05) is 0 Å². The fraction of sp³-hybridized carbons (Fsp3) is 0.205. The van der Waals surface area contributed by atoms with Crippen molar-refractivity contribution in [3.63, 3.8) is 0 Å². The van der Waals surface area contributed by atoms with Crippen molar-refractivity contribution >= 4 is 28.0 Å². The van der Waals surface area contributed by atoms with Gasteiger partial charge in [-0.25, -0.2) is 0 Å². The standard InChI is InChI=1S/C32H12BF24.C12H11NO/c34-25(35,36)13-1-14(26(37,38)39)6-21(5-13)33(22-7-15(27(40,41)42)2-16(8-22)28(43,44)45,23-9-17(29(46,47)48)3-18(10-23)30(49,50)51)24-11-19(31(52,53)54)4-20(12-24)32(55,56)57;14-12-8-4-5-9-13(12)10-11-6-2-1-3-7-11/h1-12H;1-9H,10H2/q-1;/p+1. The van der Waals surface area contributed by atoms with Crippen molar-refractivity contribution in [1.29, 1.82) is 0 Å². The van der Waals surface area contributed by atoms with Crippen LogP contribution in [0.4, 0.5) is 105 Å². The molecule has 0 aliphatic heterocycles. The second kappa shape index (κ2) is 18.9. The Morgan fingerprint density at radius 2 is 0.535 bits per heavy atom. The molecule has 1 aromatic heterocycles. The fourth-order valence-electron chi connectivity index (χ4n) is 7.45. The number of hydrogen-bond donors (Lipinski definition) is 1. The molecule has 5 aromatic carbocycles. The van der Waals surface area contributed by atoms with E-state index in [1.54, 1.807) is 10.6 Å².